The number of carbonyl (C=O) groups excluding carboxylic acids is 1. The summed E-state index contributed by atoms with van der Waals surface area (Å²) in [6, 6.07) is 21.1. The number of rotatable bonds is 3. The molecule has 0 saturated heterocycles. The van der Waals surface area contributed by atoms with Crippen LogP contribution in [-0.2, 0) is 0 Å². The zero-order chi connectivity index (χ0) is 19.8. The van der Waals surface area contributed by atoms with E-state index in [0.29, 0.717) is 11.3 Å². The number of hydrogen-bond donors (Lipinski definition) is 1. The van der Waals surface area contributed by atoms with Crippen LogP contribution in [0.4, 0.5) is 5.69 Å². The molecule has 0 aliphatic rings. The van der Waals surface area contributed by atoms with Crippen LogP contribution in [0, 0.1) is 6.92 Å². The molecule has 0 spiro atoms. The quantitative estimate of drug-likeness (QED) is 0.500. The monoisotopic (exact) mass is 379 g/mol. The minimum atomic E-state index is -0.193. The first-order valence-electron chi connectivity index (χ1n) is 9.26. The van der Waals surface area contributed by atoms with Crippen LogP contribution < -0.4 is 5.32 Å². The molecule has 0 unspecified atom stereocenters. The molecule has 29 heavy (non-hydrogen) atoms. The van der Waals surface area contributed by atoms with Gasteiger partial charge in [-0.2, -0.15) is 0 Å². The van der Waals surface area contributed by atoms with Crippen molar-refractivity contribution >= 4 is 33.7 Å². The largest absolute Gasteiger partial charge is 0.322 e. The summed E-state index contributed by atoms with van der Waals surface area (Å²) in [7, 11) is 0. The van der Waals surface area contributed by atoms with E-state index in [9.17, 15) is 4.79 Å². The van der Waals surface area contributed by atoms with Crippen molar-refractivity contribution in [3.05, 3.63) is 90.5 Å². The first-order chi connectivity index (χ1) is 14.2. The highest BCUT2D eigenvalue weighted by Crippen LogP contribution is 2.23. The van der Waals surface area contributed by atoms with Gasteiger partial charge in [-0.1, -0.05) is 18.2 Å². The summed E-state index contributed by atoms with van der Waals surface area (Å²) < 4.78 is 2.08. The molecule has 2 heterocycles. The SMILES string of the molecule is Cc1nc2cc(C(=O)Nc3ccc4nccnc4c3)ccc2n1-c1ccccc1. The maximum absolute atomic E-state index is 12.8. The van der Waals surface area contributed by atoms with Crippen molar-refractivity contribution in [1.29, 1.82) is 0 Å². The van der Waals surface area contributed by atoms with Crippen molar-refractivity contribution in [2.75, 3.05) is 5.32 Å². The van der Waals surface area contributed by atoms with Gasteiger partial charge in [-0.25, -0.2) is 4.98 Å². The Morgan fingerprint density at radius 2 is 1.66 bits per heavy atom. The minimum Gasteiger partial charge on any atom is -0.322 e. The van der Waals surface area contributed by atoms with Gasteiger partial charge in [0.05, 0.1) is 22.1 Å². The Labute approximate surface area is 166 Å². The van der Waals surface area contributed by atoms with Gasteiger partial charge in [-0.15, -0.1) is 0 Å². The molecule has 1 amide bonds. The molecule has 140 valence electrons. The highest BCUT2D eigenvalue weighted by atomic mass is 16.1. The second-order valence-corrected chi connectivity index (χ2v) is 6.75. The third-order valence-corrected chi connectivity index (χ3v) is 4.83. The molecule has 0 radical (unpaired) electrons. The van der Waals surface area contributed by atoms with Crippen molar-refractivity contribution in [2.24, 2.45) is 0 Å². The smallest absolute Gasteiger partial charge is 0.255 e. The van der Waals surface area contributed by atoms with Crippen LogP contribution in [-0.4, -0.2) is 25.4 Å². The zero-order valence-corrected chi connectivity index (χ0v) is 15.7. The third-order valence-electron chi connectivity index (χ3n) is 4.83. The summed E-state index contributed by atoms with van der Waals surface area (Å²) >= 11 is 0. The van der Waals surface area contributed by atoms with Gasteiger partial charge in [0.25, 0.3) is 5.91 Å². The lowest BCUT2D eigenvalue weighted by molar-refractivity contribution is 0.102. The number of carbonyl (C=O) groups is 1. The Kier molecular flexibility index (Phi) is 4.02. The molecule has 0 aliphatic carbocycles. The highest BCUT2D eigenvalue weighted by molar-refractivity contribution is 6.06. The van der Waals surface area contributed by atoms with E-state index in [0.717, 1.165) is 33.6 Å². The third kappa shape index (κ3) is 3.10. The van der Waals surface area contributed by atoms with Gasteiger partial charge in [0.15, 0.2) is 0 Å². The molecule has 0 fully saturated rings. The topological polar surface area (TPSA) is 72.7 Å². The van der Waals surface area contributed by atoms with Gasteiger partial charge in [0, 0.05) is 29.3 Å². The number of aromatic nitrogens is 4. The van der Waals surface area contributed by atoms with E-state index in [1.807, 2.05) is 73.7 Å². The maximum atomic E-state index is 12.8. The fraction of sp³-hybridized carbons (Fsp3) is 0.0435. The molecule has 0 bridgehead atoms. The molecule has 2 aromatic heterocycles. The lowest BCUT2D eigenvalue weighted by Crippen LogP contribution is -2.11. The summed E-state index contributed by atoms with van der Waals surface area (Å²) in [6.45, 7) is 1.96. The van der Waals surface area contributed by atoms with Crippen LogP contribution in [0.2, 0.25) is 0 Å². The Hall–Kier alpha value is -4.06. The van der Waals surface area contributed by atoms with Crippen molar-refractivity contribution in [3.8, 4) is 5.69 Å². The van der Waals surface area contributed by atoms with Crippen LogP contribution in [0.25, 0.3) is 27.8 Å². The van der Waals surface area contributed by atoms with Gasteiger partial charge in [-0.05, 0) is 55.5 Å². The van der Waals surface area contributed by atoms with Crippen LogP contribution >= 0.6 is 0 Å². The van der Waals surface area contributed by atoms with Crippen molar-refractivity contribution in [2.45, 2.75) is 6.92 Å². The average molecular weight is 379 g/mol. The Bertz CT molecular complexity index is 1360. The molecule has 1 N–H and O–H groups in total. The molecule has 0 aliphatic heterocycles. The standard InChI is InChI=1S/C23H17N5O/c1-15-26-21-13-16(7-10-22(21)28(15)18-5-3-2-4-6-18)23(29)27-17-8-9-19-20(14-17)25-12-11-24-19/h2-14H,1H3,(H,27,29). The van der Waals surface area contributed by atoms with E-state index in [1.54, 1.807) is 12.4 Å². The van der Waals surface area contributed by atoms with Crippen molar-refractivity contribution in [3.63, 3.8) is 0 Å². The molecule has 6 nitrogen and oxygen atoms in total. The predicted octanol–water partition coefficient (Wildman–Crippen LogP) is 4.53. The van der Waals surface area contributed by atoms with Gasteiger partial charge in [0.1, 0.15) is 5.82 Å². The number of benzene rings is 3. The normalized spacial score (nSPS) is 11.1. The average Bonchev–Trinajstić information content (AvgIpc) is 3.09. The lowest BCUT2D eigenvalue weighted by atomic mass is 10.1. The Morgan fingerprint density at radius 1 is 0.862 bits per heavy atom. The second-order valence-electron chi connectivity index (χ2n) is 6.75. The first kappa shape index (κ1) is 17.1. The van der Waals surface area contributed by atoms with E-state index in [-0.39, 0.29) is 5.91 Å². The van der Waals surface area contributed by atoms with E-state index in [2.05, 4.69) is 24.8 Å². The fourth-order valence-electron chi connectivity index (χ4n) is 3.49. The van der Waals surface area contributed by atoms with Gasteiger partial charge >= 0.3 is 0 Å². The summed E-state index contributed by atoms with van der Waals surface area (Å²) in [4.78, 5) is 25.9. The summed E-state index contributed by atoms with van der Waals surface area (Å²) in [5.41, 5.74) is 5.53. The van der Waals surface area contributed by atoms with E-state index in [4.69, 9.17) is 0 Å². The number of fused-ring (bicyclic) bond motifs is 2. The number of aryl methyl sites for hydroxylation is 1. The number of imidazole rings is 1. The molecular weight excluding hydrogens is 362 g/mol. The minimum absolute atomic E-state index is 0.193. The van der Waals surface area contributed by atoms with E-state index >= 15 is 0 Å². The molecule has 0 atom stereocenters. The second kappa shape index (κ2) is 6.83. The lowest BCUT2D eigenvalue weighted by Gasteiger charge is -2.08. The Morgan fingerprint density at radius 3 is 2.48 bits per heavy atom. The van der Waals surface area contributed by atoms with Crippen LogP contribution in [0.5, 0.6) is 0 Å². The van der Waals surface area contributed by atoms with Crippen LogP contribution in [0.15, 0.2) is 79.1 Å². The summed E-state index contributed by atoms with van der Waals surface area (Å²) in [5, 5.41) is 2.93. The molecular formula is C23H17N5O. The van der Waals surface area contributed by atoms with E-state index in [1.165, 1.54) is 0 Å². The zero-order valence-electron chi connectivity index (χ0n) is 15.7. The van der Waals surface area contributed by atoms with Crippen molar-refractivity contribution in [1.82, 2.24) is 19.5 Å². The number of para-hydroxylation sites is 1. The number of nitrogens with one attached hydrogen (secondary N) is 1. The molecule has 6 heteroatoms. The van der Waals surface area contributed by atoms with E-state index < -0.39 is 0 Å². The molecule has 5 rings (SSSR count). The highest BCUT2D eigenvalue weighted by Gasteiger charge is 2.13. The first-order valence-corrected chi connectivity index (χ1v) is 9.26. The molecule has 5 aromatic rings. The van der Waals surface area contributed by atoms with Crippen LogP contribution in [0.1, 0.15) is 16.2 Å². The fourth-order valence-corrected chi connectivity index (χ4v) is 3.49. The van der Waals surface area contributed by atoms with Crippen LogP contribution in [0.3, 0.4) is 0 Å². The van der Waals surface area contributed by atoms with Gasteiger partial charge in [0.2, 0.25) is 0 Å². The van der Waals surface area contributed by atoms with Crippen molar-refractivity contribution < 1.29 is 4.79 Å². The number of hydrogen-bond acceptors (Lipinski definition) is 4. The van der Waals surface area contributed by atoms with Gasteiger partial charge in [-0.3, -0.25) is 19.3 Å². The Balaban J connectivity index is 1.47. The maximum Gasteiger partial charge on any atom is 0.255 e. The number of anilines is 1. The summed E-state index contributed by atoms with van der Waals surface area (Å²) in [6.07, 6.45) is 3.28. The number of amides is 1. The molecule has 0 saturated carbocycles. The summed E-state index contributed by atoms with van der Waals surface area (Å²) in [5.74, 6) is 0.680. The van der Waals surface area contributed by atoms with Gasteiger partial charge < -0.3 is 5.32 Å². The molecule has 3 aromatic carbocycles. The number of nitrogens with zero attached hydrogens (tertiary/aromatic N) is 4. The predicted molar refractivity (Wildman–Crippen MR) is 113 cm³/mol.